The number of hydrogen-bond donors (Lipinski definition) is 3. The lowest BCUT2D eigenvalue weighted by Gasteiger charge is -2.30. The van der Waals surface area contributed by atoms with E-state index in [4.69, 9.17) is 4.74 Å². The molecule has 2 aromatic rings. The molecule has 0 spiro atoms. The molecule has 0 bridgehead atoms. The second-order valence-corrected chi connectivity index (χ2v) is 9.39. The lowest BCUT2D eigenvalue weighted by molar-refractivity contribution is -0.140. The number of rotatable bonds is 9. The number of piperidine rings is 1. The number of carboxylic acids is 1. The van der Waals surface area contributed by atoms with Gasteiger partial charge in [-0.15, -0.1) is 0 Å². The van der Waals surface area contributed by atoms with E-state index in [9.17, 15) is 19.5 Å². The number of hydrogen-bond acceptors (Lipinski definition) is 5. The smallest absolute Gasteiger partial charge is 0.407 e. The molecule has 8 heteroatoms. The van der Waals surface area contributed by atoms with Crippen molar-refractivity contribution in [2.75, 3.05) is 26.2 Å². The molecule has 35 heavy (non-hydrogen) atoms. The van der Waals surface area contributed by atoms with Crippen molar-refractivity contribution in [2.45, 2.75) is 50.6 Å². The molecule has 186 valence electrons. The van der Waals surface area contributed by atoms with Crippen LogP contribution in [0.25, 0.3) is 11.1 Å². The number of carboxylic acid groups (broad SMARTS) is 1. The fraction of sp³-hybridized carbons (Fsp3) is 0.444. The van der Waals surface area contributed by atoms with E-state index in [1.54, 1.807) is 0 Å². The summed E-state index contributed by atoms with van der Waals surface area (Å²) < 4.78 is 5.50. The molecular weight excluding hydrogens is 446 g/mol. The number of ether oxygens (including phenoxy) is 1. The van der Waals surface area contributed by atoms with Gasteiger partial charge in [-0.3, -0.25) is 9.59 Å². The first-order valence-corrected chi connectivity index (χ1v) is 12.3. The SMILES string of the molecule is CC(CN1CCCCC1)NC(=O)C(CC(=O)O)NC(=O)OCC1c2ccccc2-c2ccccc21. The number of alkyl carbamates (subject to hydrolysis) is 1. The normalized spacial score (nSPS) is 17.1. The molecule has 0 aromatic heterocycles. The van der Waals surface area contributed by atoms with Crippen LogP contribution in [-0.4, -0.2) is 66.3 Å². The first kappa shape index (κ1) is 24.7. The van der Waals surface area contributed by atoms with E-state index in [1.165, 1.54) is 6.42 Å². The van der Waals surface area contributed by atoms with Crippen molar-refractivity contribution in [2.24, 2.45) is 0 Å². The van der Waals surface area contributed by atoms with Gasteiger partial charge in [0.2, 0.25) is 5.91 Å². The maximum atomic E-state index is 12.8. The first-order valence-electron chi connectivity index (χ1n) is 12.3. The van der Waals surface area contributed by atoms with Crippen LogP contribution in [0.15, 0.2) is 48.5 Å². The minimum Gasteiger partial charge on any atom is -0.481 e. The molecule has 3 N–H and O–H groups in total. The van der Waals surface area contributed by atoms with Crippen molar-refractivity contribution in [1.82, 2.24) is 15.5 Å². The Bertz CT molecular complexity index is 1020. The zero-order valence-electron chi connectivity index (χ0n) is 20.0. The van der Waals surface area contributed by atoms with E-state index in [1.807, 2.05) is 55.5 Å². The predicted octanol–water partition coefficient (Wildman–Crippen LogP) is 3.36. The molecule has 2 aromatic carbocycles. The van der Waals surface area contributed by atoms with E-state index in [2.05, 4.69) is 15.5 Å². The summed E-state index contributed by atoms with van der Waals surface area (Å²) in [6.07, 6.45) is 2.18. The molecule has 0 radical (unpaired) electrons. The lowest BCUT2D eigenvalue weighted by atomic mass is 9.98. The monoisotopic (exact) mass is 479 g/mol. The van der Waals surface area contributed by atoms with Crippen molar-refractivity contribution in [1.29, 1.82) is 0 Å². The zero-order valence-corrected chi connectivity index (χ0v) is 20.0. The van der Waals surface area contributed by atoms with Gasteiger partial charge in [0.15, 0.2) is 0 Å². The quantitative estimate of drug-likeness (QED) is 0.509. The number of carbonyl (C=O) groups excluding carboxylic acids is 2. The summed E-state index contributed by atoms with van der Waals surface area (Å²) in [5, 5.41) is 14.6. The number of amides is 2. The van der Waals surface area contributed by atoms with Crippen molar-refractivity contribution in [3.8, 4) is 11.1 Å². The highest BCUT2D eigenvalue weighted by Crippen LogP contribution is 2.44. The molecule has 2 unspecified atom stereocenters. The summed E-state index contributed by atoms with van der Waals surface area (Å²) in [7, 11) is 0. The van der Waals surface area contributed by atoms with Crippen LogP contribution in [-0.2, 0) is 14.3 Å². The summed E-state index contributed by atoms with van der Waals surface area (Å²) >= 11 is 0. The van der Waals surface area contributed by atoms with E-state index < -0.39 is 30.4 Å². The van der Waals surface area contributed by atoms with Crippen LogP contribution in [0.2, 0.25) is 0 Å². The molecule has 0 saturated carbocycles. The number of aliphatic carboxylic acids is 1. The summed E-state index contributed by atoms with van der Waals surface area (Å²) in [4.78, 5) is 39.0. The predicted molar refractivity (Wildman–Crippen MR) is 132 cm³/mol. The molecule has 2 amide bonds. The van der Waals surface area contributed by atoms with Crippen LogP contribution in [0.4, 0.5) is 4.79 Å². The lowest BCUT2D eigenvalue weighted by Crippen LogP contribution is -2.52. The van der Waals surface area contributed by atoms with Crippen molar-refractivity contribution in [3.05, 3.63) is 59.7 Å². The highest BCUT2D eigenvalue weighted by molar-refractivity contribution is 5.89. The molecule has 1 heterocycles. The van der Waals surface area contributed by atoms with E-state index in [-0.39, 0.29) is 18.6 Å². The van der Waals surface area contributed by atoms with Crippen molar-refractivity contribution in [3.63, 3.8) is 0 Å². The third-order valence-corrected chi connectivity index (χ3v) is 6.70. The number of fused-ring (bicyclic) bond motifs is 3. The number of nitrogens with zero attached hydrogens (tertiary/aromatic N) is 1. The largest absolute Gasteiger partial charge is 0.481 e. The van der Waals surface area contributed by atoms with Crippen LogP contribution >= 0.6 is 0 Å². The Hall–Kier alpha value is -3.39. The average molecular weight is 480 g/mol. The van der Waals surface area contributed by atoms with E-state index in [0.717, 1.165) is 48.2 Å². The second-order valence-electron chi connectivity index (χ2n) is 9.39. The molecule has 2 aliphatic rings. The maximum absolute atomic E-state index is 12.8. The number of likely N-dealkylation sites (tertiary alicyclic amines) is 1. The Morgan fingerprint density at radius 1 is 0.971 bits per heavy atom. The molecule has 1 saturated heterocycles. The number of carbonyl (C=O) groups is 3. The van der Waals surface area contributed by atoms with Gasteiger partial charge >= 0.3 is 12.1 Å². The summed E-state index contributed by atoms with van der Waals surface area (Å²) in [5.41, 5.74) is 4.38. The minimum atomic E-state index is -1.22. The van der Waals surface area contributed by atoms with Gasteiger partial charge in [-0.1, -0.05) is 55.0 Å². The van der Waals surface area contributed by atoms with Gasteiger partial charge < -0.3 is 25.4 Å². The van der Waals surface area contributed by atoms with Gasteiger partial charge in [0.1, 0.15) is 12.6 Å². The van der Waals surface area contributed by atoms with E-state index in [0.29, 0.717) is 6.54 Å². The maximum Gasteiger partial charge on any atom is 0.407 e. The second kappa shape index (κ2) is 11.4. The molecular formula is C27H33N3O5. The highest BCUT2D eigenvalue weighted by atomic mass is 16.5. The van der Waals surface area contributed by atoms with Gasteiger partial charge in [-0.05, 0) is 55.1 Å². The van der Waals surface area contributed by atoms with Crippen LogP contribution in [0.3, 0.4) is 0 Å². The van der Waals surface area contributed by atoms with Gasteiger partial charge in [0.05, 0.1) is 6.42 Å². The molecule has 8 nitrogen and oxygen atoms in total. The molecule has 2 atom stereocenters. The standard InChI is InChI=1S/C27H33N3O5/c1-18(16-30-13-7-2-8-14-30)28-26(33)24(15-25(31)32)29-27(34)35-17-23-21-11-5-3-9-19(21)20-10-4-6-12-22(20)23/h3-6,9-12,18,23-24H,2,7-8,13-17H2,1H3,(H,28,33)(H,29,34)(H,31,32). The minimum absolute atomic E-state index is 0.0899. The zero-order chi connectivity index (χ0) is 24.8. The van der Waals surface area contributed by atoms with Crippen LogP contribution < -0.4 is 10.6 Å². The van der Waals surface area contributed by atoms with Crippen LogP contribution in [0.1, 0.15) is 49.7 Å². The van der Waals surface area contributed by atoms with E-state index >= 15 is 0 Å². The number of benzene rings is 2. The molecule has 4 rings (SSSR count). The third-order valence-electron chi connectivity index (χ3n) is 6.70. The molecule has 1 fully saturated rings. The summed E-state index contributed by atoms with van der Waals surface area (Å²) in [5.74, 6) is -1.82. The average Bonchev–Trinajstić information content (AvgIpc) is 3.16. The first-order chi connectivity index (χ1) is 16.9. The van der Waals surface area contributed by atoms with Gasteiger partial charge in [0.25, 0.3) is 0 Å². The fourth-order valence-electron chi connectivity index (χ4n) is 5.08. The number of nitrogens with one attached hydrogen (secondary N) is 2. The Labute approximate surface area is 205 Å². The molecule has 1 aliphatic heterocycles. The van der Waals surface area contributed by atoms with Crippen LogP contribution in [0, 0.1) is 0 Å². The summed E-state index contributed by atoms with van der Waals surface area (Å²) in [6.45, 7) is 4.66. The topological polar surface area (TPSA) is 108 Å². The van der Waals surface area contributed by atoms with Gasteiger partial charge in [0, 0.05) is 18.5 Å². The van der Waals surface area contributed by atoms with Crippen molar-refractivity contribution >= 4 is 18.0 Å². The van der Waals surface area contributed by atoms with Gasteiger partial charge in [-0.25, -0.2) is 4.79 Å². The highest BCUT2D eigenvalue weighted by Gasteiger charge is 2.30. The van der Waals surface area contributed by atoms with Crippen molar-refractivity contribution < 1.29 is 24.2 Å². The Morgan fingerprint density at radius 2 is 1.57 bits per heavy atom. The molecule has 1 aliphatic carbocycles. The summed E-state index contributed by atoms with van der Waals surface area (Å²) in [6, 6.07) is 14.6. The third kappa shape index (κ3) is 6.19. The Kier molecular flexibility index (Phi) is 8.02. The van der Waals surface area contributed by atoms with Crippen LogP contribution in [0.5, 0.6) is 0 Å². The Morgan fingerprint density at radius 3 is 2.17 bits per heavy atom. The van der Waals surface area contributed by atoms with Gasteiger partial charge in [-0.2, -0.15) is 0 Å². The Balaban J connectivity index is 1.35. The fourth-order valence-corrected chi connectivity index (χ4v) is 5.08.